The first-order valence-corrected chi connectivity index (χ1v) is 19.7. The Morgan fingerprint density at radius 1 is 0.705 bits per heavy atom. The number of H-pyrrole nitrogens is 1. The number of anilines is 6. The molecule has 0 atom stereocenters. The van der Waals surface area contributed by atoms with Crippen LogP contribution < -0.4 is 53.3 Å². The zero-order valence-corrected chi connectivity index (χ0v) is 32.6. The van der Waals surface area contributed by atoms with E-state index in [-0.39, 0.29) is 66.4 Å². The Morgan fingerprint density at radius 2 is 1.33 bits per heavy atom. The second-order valence-corrected chi connectivity index (χ2v) is 14.6. The van der Waals surface area contributed by atoms with Gasteiger partial charge in [-0.05, 0) is 71.4 Å². The van der Waals surface area contributed by atoms with Gasteiger partial charge >= 0.3 is 0 Å². The molecule has 0 saturated carbocycles. The first-order chi connectivity index (χ1) is 29.4. The quantitative estimate of drug-likeness (QED) is 0.0325. The molecule has 0 radical (unpaired) electrons. The number of amides is 1. The lowest BCUT2D eigenvalue weighted by atomic mass is 10.1. The van der Waals surface area contributed by atoms with Gasteiger partial charge in [0, 0.05) is 22.9 Å². The zero-order valence-electron chi connectivity index (χ0n) is 31.8. The van der Waals surface area contributed by atoms with E-state index in [1.54, 1.807) is 60.7 Å². The van der Waals surface area contributed by atoms with E-state index in [1.165, 1.54) is 12.1 Å². The Hall–Kier alpha value is -7.85. The van der Waals surface area contributed by atoms with Crippen LogP contribution in [-0.4, -0.2) is 75.5 Å². The monoisotopic (exact) mass is 853 g/mol. The smallest absolute Gasteiger partial charge is 0.297 e. The molecule has 6 aromatic carbocycles. The topological polar surface area (TPSA) is 307 Å². The van der Waals surface area contributed by atoms with Crippen molar-refractivity contribution < 1.29 is 47.7 Å². The van der Waals surface area contributed by atoms with Crippen molar-refractivity contribution in [3.8, 4) is 28.7 Å². The molecule has 14 N–H and O–H groups in total. The van der Waals surface area contributed by atoms with Crippen LogP contribution in [0.15, 0.2) is 113 Å². The molecule has 1 heterocycles. The van der Waals surface area contributed by atoms with Gasteiger partial charge in [-0.25, -0.2) is 4.68 Å². The molecule has 0 spiro atoms. The minimum atomic E-state index is -4.47. The van der Waals surface area contributed by atoms with Crippen LogP contribution in [0.5, 0.6) is 23.0 Å². The standard InChI is InChI=1S/C40H39N9O11S/c41-39(54)36-37(40(55)49(48-36)25-9-11-26(12-10-25)61(56,57)58)47-42-24-8-13-27-23(19-24)7-14-29(38(27)53)44-46-31-21-33(59-17-15-50)30(20-34(31)60-18-16-51)45-43-28-5-1-3-22-4-2-6-32(52)35(22)28/h1-14,19-21,42-48,50-53H,15-18H2,(H2,41,54)(H,56,57,58). The van der Waals surface area contributed by atoms with E-state index in [9.17, 15) is 43.0 Å². The molecule has 20 nitrogen and oxygen atoms in total. The van der Waals surface area contributed by atoms with Gasteiger partial charge in [0.05, 0.1) is 52.2 Å². The molecule has 0 aliphatic rings. The third-order valence-electron chi connectivity index (χ3n) is 9.18. The van der Waals surface area contributed by atoms with Crippen LogP contribution in [0.1, 0.15) is 10.5 Å². The summed E-state index contributed by atoms with van der Waals surface area (Å²) in [5.41, 5.74) is 24.1. The number of phenolic OH excluding ortho intramolecular Hbond substituents is 2. The van der Waals surface area contributed by atoms with Gasteiger partial charge in [0.2, 0.25) is 0 Å². The Morgan fingerprint density at radius 3 is 1.95 bits per heavy atom. The second-order valence-electron chi connectivity index (χ2n) is 13.2. The third kappa shape index (κ3) is 8.94. The number of aromatic nitrogens is 2. The van der Waals surface area contributed by atoms with E-state index in [0.717, 1.165) is 22.2 Å². The van der Waals surface area contributed by atoms with Crippen LogP contribution in [-0.2, 0) is 10.1 Å². The maximum Gasteiger partial charge on any atom is 0.297 e. The number of nitrogens with one attached hydrogen (secondary N) is 7. The summed E-state index contributed by atoms with van der Waals surface area (Å²) < 4.78 is 44.8. The number of hydrazine groups is 3. The van der Waals surface area contributed by atoms with Crippen molar-refractivity contribution in [1.82, 2.24) is 9.78 Å². The van der Waals surface area contributed by atoms with E-state index in [2.05, 4.69) is 37.7 Å². The Balaban J connectivity index is 1.09. The molecule has 316 valence electrons. The fourth-order valence-electron chi connectivity index (χ4n) is 6.31. The van der Waals surface area contributed by atoms with E-state index in [4.69, 9.17) is 15.2 Å². The lowest BCUT2D eigenvalue weighted by molar-refractivity contribution is 0.0996. The summed E-state index contributed by atoms with van der Waals surface area (Å²) in [6, 6.07) is 26.7. The predicted octanol–water partition coefficient (Wildman–Crippen LogP) is 4.29. The fraction of sp³-hybridized carbons (Fsp3) is 0.100. The fourth-order valence-corrected chi connectivity index (χ4v) is 6.79. The Bertz CT molecular complexity index is 2920. The normalized spacial score (nSPS) is 11.3. The molecular weight excluding hydrogens is 815 g/mol. The molecule has 0 saturated heterocycles. The average Bonchev–Trinajstić information content (AvgIpc) is 3.59. The van der Waals surface area contributed by atoms with Crippen molar-refractivity contribution in [2.24, 2.45) is 5.73 Å². The maximum atomic E-state index is 13.3. The largest absolute Gasteiger partial charge is 0.507 e. The lowest BCUT2D eigenvalue weighted by Gasteiger charge is -2.21. The number of carbonyl (C=O) groups is 1. The first-order valence-electron chi connectivity index (χ1n) is 18.3. The number of aromatic amines is 1. The minimum Gasteiger partial charge on any atom is -0.507 e. The van der Waals surface area contributed by atoms with Gasteiger partial charge in [-0.15, -0.1) is 0 Å². The first kappa shape index (κ1) is 41.3. The number of ether oxygens (including phenoxy) is 2. The number of aliphatic hydroxyl groups excluding tert-OH is 2. The lowest BCUT2D eigenvalue weighted by Crippen LogP contribution is -2.21. The molecule has 0 bridgehead atoms. The number of carbonyl (C=O) groups excluding carboxylic acids is 1. The zero-order chi connectivity index (χ0) is 43.3. The number of hydrogen-bond acceptors (Lipinski definition) is 16. The molecule has 0 unspecified atom stereocenters. The van der Waals surface area contributed by atoms with Crippen molar-refractivity contribution in [1.29, 1.82) is 0 Å². The summed E-state index contributed by atoms with van der Waals surface area (Å²) in [5.74, 6) is -0.452. The van der Waals surface area contributed by atoms with Crippen molar-refractivity contribution in [2.75, 3.05) is 59.0 Å². The van der Waals surface area contributed by atoms with Crippen LogP contribution in [0.3, 0.4) is 0 Å². The number of benzene rings is 6. The Labute approximate surface area is 345 Å². The number of hydrogen-bond donors (Lipinski definition) is 13. The van der Waals surface area contributed by atoms with E-state index in [0.29, 0.717) is 44.7 Å². The highest BCUT2D eigenvalue weighted by atomic mass is 32.2. The number of rotatable bonds is 18. The van der Waals surface area contributed by atoms with Gasteiger partial charge in [0.25, 0.3) is 21.6 Å². The number of nitrogens with zero attached hydrogens (tertiary/aromatic N) is 1. The van der Waals surface area contributed by atoms with Gasteiger partial charge in [0.1, 0.15) is 36.2 Å². The number of phenols is 2. The summed E-state index contributed by atoms with van der Waals surface area (Å²) in [6.07, 6.45) is 0. The molecular formula is C40H39N9O11S. The summed E-state index contributed by atoms with van der Waals surface area (Å²) in [4.78, 5) is 25.1. The minimum absolute atomic E-state index is 0.0445. The number of aliphatic hydroxyl groups is 2. The van der Waals surface area contributed by atoms with Crippen LogP contribution >= 0.6 is 0 Å². The highest BCUT2D eigenvalue weighted by Gasteiger charge is 2.21. The van der Waals surface area contributed by atoms with E-state index >= 15 is 0 Å². The molecule has 7 rings (SSSR count). The van der Waals surface area contributed by atoms with Gasteiger partial charge in [-0.1, -0.05) is 30.3 Å². The molecule has 1 aromatic heterocycles. The Kier molecular flexibility index (Phi) is 11.9. The van der Waals surface area contributed by atoms with Crippen LogP contribution in [0.25, 0.3) is 27.2 Å². The number of nitrogens with two attached hydrogens (primary N) is 1. The van der Waals surface area contributed by atoms with Crippen molar-refractivity contribution in [2.45, 2.75) is 4.90 Å². The molecule has 0 aliphatic carbocycles. The summed E-state index contributed by atoms with van der Waals surface area (Å²) in [5, 5.41) is 45.9. The molecule has 0 fully saturated rings. The number of aromatic hydroxyl groups is 2. The van der Waals surface area contributed by atoms with Gasteiger partial charge in [-0.3, -0.25) is 40.9 Å². The summed E-state index contributed by atoms with van der Waals surface area (Å²) >= 11 is 0. The van der Waals surface area contributed by atoms with Gasteiger partial charge < -0.3 is 46.5 Å². The van der Waals surface area contributed by atoms with Gasteiger partial charge in [0.15, 0.2) is 11.4 Å². The molecule has 61 heavy (non-hydrogen) atoms. The van der Waals surface area contributed by atoms with Crippen LogP contribution in [0.2, 0.25) is 0 Å². The van der Waals surface area contributed by atoms with E-state index in [1.807, 2.05) is 18.2 Å². The highest BCUT2D eigenvalue weighted by molar-refractivity contribution is 7.85. The van der Waals surface area contributed by atoms with Crippen molar-refractivity contribution >= 4 is 71.7 Å². The molecule has 21 heteroatoms. The van der Waals surface area contributed by atoms with Crippen LogP contribution in [0, 0.1) is 0 Å². The van der Waals surface area contributed by atoms with Crippen molar-refractivity contribution in [3.05, 3.63) is 119 Å². The number of fused-ring (bicyclic) bond motifs is 2. The number of primary amides is 1. The molecule has 0 aliphatic heterocycles. The molecule has 7 aromatic rings. The average molecular weight is 854 g/mol. The highest BCUT2D eigenvalue weighted by Crippen LogP contribution is 2.39. The van der Waals surface area contributed by atoms with Crippen LogP contribution in [0.4, 0.5) is 34.1 Å². The maximum absolute atomic E-state index is 13.3. The van der Waals surface area contributed by atoms with Crippen molar-refractivity contribution in [3.63, 3.8) is 0 Å². The predicted molar refractivity (Wildman–Crippen MR) is 229 cm³/mol. The SMILES string of the molecule is NC(=O)c1[nH]n(-c2ccc(S(=O)(=O)O)cc2)c(=O)c1NNc1ccc2c(O)c(NNc3cc(OCCO)c(NNc4cccc5cccc(O)c45)cc3OCCO)ccc2c1. The summed E-state index contributed by atoms with van der Waals surface area (Å²) in [6.45, 7) is -0.655. The molecule has 1 amide bonds. The second kappa shape index (κ2) is 17.6. The third-order valence-corrected chi connectivity index (χ3v) is 10.0. The van der Waals surface area contributed by atoms with E-state index < -0.39 is 26.5 Å². The van der Waals surface area contributed by atoms with Gasteiger partial charge in [-0.2, -0.15) is 8.42 Å². The summed E-state index contributed by atoms with van der Waals surface area (Å²) in [7, 11) is -4.47.